The lowest BCUT2D eigenvalue weighted by atomic mass is 9.91. The molecule has 2 aliphatic rings. The van der Waals surface area contributed by atoms with E-state index in [4.69, 9.17) is 35.0 Å². The maximum absolute atomic E-state index is 15.0. The van der Waals surface area contributed by atoms with Crippen LogP contribution in [0.4, 0.5) is 13.6 Å². The summed E-state index contributed by atoms with van der Waals surface area (Å²) in [5.74, 6) is -3.43. The Morgan fingerprint density at radius 1 is 0.846 bits per heavy atom. The molecule has 1 amide bonds. The average Bonchev–Trinajstić information content (AvgIpc) is 3.20. The van der Waals surface area contributed by atoms with E-state index in [1.165, 1.54) is 88.9 Å². The van der Waals surface area contributed by atoms with E-state index in [0.29, 0.717) is 11.1 Å². The van der Waals surface area contributed by atoms with Crippen molar-refractivity contribution in [3.8, 4) is 0 Å². The molecule has 0 saturated heterocycles. The fraction of sp³-hybridized carbons (Fsp3) is 0.357. The molecule has 23 heteroatoms. The molecule has 2 atom stereocenters. The van der Waals surface area contributed by atoms with E-state index in [9.17, 15) is 40.0 Å². The second-order valence-corrected chi connectivity index (χ2v) is 21.7. The van der Waals surface area contributed by atoms with Crippen LogP contribution >= 0.6 is 39.1 Å². The normalized spacial score (nSPS) is 20.0. The maximum Gasteiger partial charge on any atom is 0.414 e. The van der Waals surface area contributed by atoms with E-state index in [0.717, 1.165) is 13.1 Å². The minimum Gasteiger partial charge on any atom is -0.444 e. The number of rotatable bonds is 8. The van der Waals surface area contributed by atoms with Gasteiger partial charge in [-0.1, -0.05) is 18.2 Å². The molecule has 0 saturated carbocycles. The summed E-state index contributed by atoms with van der Waals surface area (Å²) in [5.41, 5.74) is 3.33. The van der Waals surface area contributed by atoms with Crippen LogP contribution in [0.15, 0.2) is 93.6 Å². The number of hydrogen-bond donors (Lipinski definition) is 2. The van der Waals surface area contributed by atoms with Crippen molar-refractivity contribution in [2.75, 3.05) is 30.9 Å². The van der Waals surface area contributed by atoms with Gasteiger partial charge in [0.2, 0.25) is 32.0 Å². The molecule has 3 N–H and O–H groups in total. The molecule has 0 radical (unpaired) electrons. The summed E-state index contributed by atoms with van der Waals surface area (Å²) >= 11 is 12.8. The van der Waals surface area contributed by atoms with Crippen molar-refractivity contribution in [3.05, 3.63) is 129 Å². The van der Waals surface area contributed by atoms with Crippen molar-refractivity contribution in [2.45, 2.75) is 64.1 Å². The van der Waals surface area contributed by atoms with Gasteiger partial charge in [-0.05, 0) is 110 Å². The summed E-state index contributed by atoms with van der Waals surface area (Å²) < 4.78 is 95.0. The lowest BCUT2D eigenvalue weighted by Gasteiger charge is -2.36. The first-order valence-electron chi connectivity index (χ1n) is 19.7. The van der Waals surface area contributed by atoms with Gasteiger partial charge in [0.05, 0.1) is 18.2 Å². The number of Topliss-reactive ketones (excluding diaryl/α,β-unsaturated/α-hetero) is 2. The van der Waals surface area contributed by atoms with Gasteiger partial charge >= 0.3 is 6.09 Å². The summed E-state index contributed by atoms with van der Waals surface area (Å²) in [6.45, 7) is 7.92. The van der Waals surface area contributed by atoms with E-state index in [1.807, 2.05) is 0 Å². The second-order valence-electron chi connectivity index (χ2n) is 16.0. The molecule has 0 fully saturated rings. The van der Waals surface area contributed by atoms with Gasteiger partial charge in [-0.15, -0.1) is 23.2 Å². The number of halogens is 5. The Morgan fingerprint density at radius 3 is 1.78 bits per heavy atom. The number of carbonyl (C=O) groups excluding carboxylic acids is 3. The van der Waals surface area contributed by atoms with Crippen LogP contribution in [-0.4, -0.2) is 102 Å². The first kappa shape index (κ1) is 50.9. The summed E-state index contributed by atoms with van der Waals surface area (Å²) in [6.07, 6.45) is 1.74. The minimum atomic E-state index is -3.97. The lowest BCUT2D eigenvalue weighted by molar-refractivity contribution is 0.0558. The van der Waals surface area contributed by atoms with Crippen molar-refractivity contribution in [1.29, 1.82) is 0 Å². The molecule has 6 rings (SSSR count). The summed E-state index contributed by atoms with van der Waals surface area (Å²) in [6, 6.07) is 14.5. The third-order valence-electron chi connectivity index (χ3n) is 9.57. The molecule has 4 aromatic rings. The highest BCUT2D eigenvalue weighted by molar-refractivity contribution is 9.10. The third kappa shape index (κ3) is 13.7. The standard InChI is InChI=1S/C23H26BrFN4O5S.C18H19FN4O3S.CH2Cl2/c1-22(2,3)34-21(31)27-20-28-23(4,13-35(32,33)29(20)5)16-10-14(6-8-17(16)25)11-19(30)18-9-7-15(24)12-26-18;1-18(11-27(25,26)23(2)17(20)22-18)13-9-12(6-7-14(13)19)10-16(24)15-5-3-4-8-21-15;2-1-3/h6-10,12H,11,13H2,1-5H3,(H,27,28,31);3-9H,10-11H2,1-2H3,(H2,20,22);1H2/t23-;18-;/m00./s1/i;4D;. The molecule has 65 heavy (non-hydrogen) atoms. The van der Waals surface area contributed by atoms with Crippen molar-refractivity contribution in [1.82, 2.24) is 23.9 Å². The smallest absolute Gasteiger partial charge is 0.414 e. The molecule has 16 nitrogen and oxygen atoms in total. The number of ether oxygens (including phenoxy) is 1. The van der Waals surface area contributed by atoms with Gasteiger partial charge in [0.1, 0.15) is 39.7 Å². The Bertz CT molecular complexity index is 2770. The number of pyridine rings is 2. The van der Waals surface area contributed by atoms with Crippen LogP contribution in [0, 0.1) is 11.6 Å². The van der Waals surface area contributed by atoms with Crippen molar-refractivity contribution >= 4 is 88.8 Å². The Morgan fingerprint density at radius 2 is 1.34 bits per heavy atom. The fourth-order valence-corrected chi connectivity index (χ4v) is 9.57. The van der Waals surface area contributed by atoms with Gasteiger partial charge in [-0.3, -0.25) is 24.9 Å². The van der Waals surface area contributed by atoms with Crippen LogP contribution in [0.2, 0.25) is 0 Å². The van der Waals surface area contributed by atoms with Gasteiger partial charge in [-0.2, -0.15) is 0 Å². The second kappa shape index (κ2) is 21.0. The highest BCUT2D eigenvalue weighted by Gasteiger charge is 2.44. The van der Waals surface area contributed by atoms with Gasteiger partial charge in [0.25, 0.3) is 0 Å². The molecule has 2 aliphatic heterocycles. The van der Waals surface area contributed by atoms with Crippen LogP contribution < -0.4 is 11.1 Å². The molecular formula is C42H47BrCl2F2N8O8S2. The van der Waals surface area contributed by atoms with E-state index in [1.54, 1.807) is 32.9 Å². The van der Waals surface area contributed by atoms with E-state index in [-0.39, 0.29) is 70.2 Å². The Labute approximate surface area is 396 Å². The van der Waals surface area contributed by atoms with Crippen LogP contribution in [-0.2, 0) is 48.7 Å². The average molecular weight is 1050 g/mol. The molecule has 0 unspecified atom stereocenters. The number of aliphatic imine (C=N–C) groups is 2. The number of alkyl halides is 2. The number of guanidine groups is 2. The van der Waals surface area contributed by atoms with Gasteiger partial charge in [-0.25, -0.2) is 49.0 Å². The zero-order valence-corrected chi connectivity index (χ0v) is 40.9. The van der Waals surface area contributed by atoms with E-state index < -0.39 is 66.0 Å². The predicted molar refractivity (Wildman–Crippen MR) is 248 cm³/mol. The maximum atomic E-state index is 15.0. The quantitative estimate of drug-likeness (QED) is 0.140. The molecule has 2 aromatic heterocycles. The molecule has 0 bridgehead atoms. The number of aromatic nitrogens is 2. The van der Waals surface area contributed by atoms with Gasteiger partial charge in [0.15, 0.2) is 11.6 Å². The van der Waals surface area contributed by atoms with Crippen molar-refractivity contribution in [3.63, 3.8) is 0 Å². The van der Waals surface area contributed by atoms with Gasteiger partial charge in [0, 0.05) is 54.9 Å². The number of benzene rings is 2. The van der Waals surface area contributed by atoms with Crippen molar-refractivity contribution in [2.24, 2.45) is 15.7 Å². The topological polar surface area (TPSA) is 224 Å². The first-order chi connectivity index (χ1) is 30.5. The SMILES string of the molecule is CN1C(NC(=O)OC(C)(C)C)=N[C@](C)(c2cc(CC(=O)c3ccc(Br)cn3)ccc2F)CS1(=O)=O.ClCCl.[2H]c1ccc(C(=O)Cc2ccc(F)c([C@]3(C)CS(=O)(=O)N(C)C(N)=N3)c2)nc1. The zero-order chi connectivity index (χ0) is 49.6. The van der Waals surface area contributed by atoms with Crippen molar-refractivity contribution < 1.29 is 46.1 Å². The number of nitrogens with one attached hydrogen (secondary N) is 1. The highest BCUT2D eigenvalue weighted by Crippen LogP contribution is 2.36. The van der Waals surface area contributed by atoms with Gasteiger partial charge < -0.3 is 10.5 Å². The number of carbonyl (C=O) groups is 3. The Balaban J connectivity index is 0.000000278. The Kier molecular flexibility index (Phi) is 16.5. The summed E-state index contributed by atoms with van der Waals surface area (Å²) in [7, 11) is -5.20. The largest absolute Gasteiger partial charge is 0.444 e. The number of sulfonamides is 2. The number of nitrogens with zero attached hydrogens (tertiary/aromatic N) is 6. The number of ketones is 2. The first-order valence-corrected chi connectivity index (χ1v) is 24.3. The summed E-state index contributed by atoms with van der Waals surface area (Å²) in [4.78, 5) is 53.9. The highest BCUT2D eigenvalue weighted by atomic mass is 79.9. The van der Waals surface area contributed by atoms with Crippen LogP contribution in [0.25, 0.3) is 0 Å². The fourth-order valence-electron chi connectivity index (χ4n) is 6.42. The monoisotopic (exact) mass is 1040 g/mol. The lowest BCUT2D eigenvalue weighted by Crippen LogP contribution is -2.54. The Hall–Kier alpha value is -5.09. The summed E-state index contributed by atoms with van der Waals surface area (Å²) in [5, 5.41) is 2.54. The molecule has 2 aromatic carbocycles. The number of nitrogens with two attached hydrogens (primary N) is 1. The molecule has 0 aliphatic carbocycles. The molecule has 4 heterocycles. The third-order valence-corrected chi connectivity index (χ3v) is 13.9. The molecular weight excluding hydrogens is 997 g/mol. The van der Waals surface area contributed by atoms with Crippen LogP contribution in [0.1, 0.15) is 79.2 Å². The number of amides is 1. The predicted octanol–water partition coefficient (Wildman–Crippen LogP) is 6.65. The minimum absolute atomic E-state index is 0.0215. The van der Waals surface area contributed by atoms with Crippen LogP contribution in [0.3, 0.4) is 0 Å². The molecule has 0 spiro atoms. The number of hydrogen-bond acceptors (Lipinski definition) is 13. The van der Waals surface area contributed by atoms with E-state index >= 15 is 0 Å². The number of alkyl carbamates (subject to hydrolysis) is 1. The molecule has 350 valence electrons. The zero-order valence-electron chi connectivity index (χ0n) is 37.2. The van der Waals surface area contributed by atoms with Crippen LogP contribution in [0.5, 0.6) is 0 Å². The van der Waals surface area contributed by atoms with E-state index in [2.05, 4.69) is 41.2 Å².